The van der Waals surface area contributed by atoms with Gasteiger partial charge in [-0.05, 0) is 50.1 Å². The molecule has 0 bridgehead atoms. The Labute approximate surface area is 162 Å². The Kier molecular flexibility index (Phi) is 5.31. The van der Waals surface area contributed by atoms with Crippen LogP contribution in [0.15, 0.2) is 54.3 Å². The fraction of sp³-hybridized carbons (Fsp3) is 0.273. The Balaban J connectivity index is 2.02. The van der Waals surface area contributed by atoms with Gasteiger partial charge in [0.1, 0.15) is 22.9 Å². The second-order valence-electron chi connectivity index (χ2n) is 7.05. The molecule has 1 atom stereocenters. The third-order valence-electron chi connectivity index (χ3n) is 5.18. The largest absolute Gasteiger partial charge is 0.477 e. The van der Waals surface area contributed by atoms with Crippen molar-refractivity contribution in [3.05, 3.63) is 77.1 Å². The van der Waals surface area contributed by atoms with Gasteiger partial charge < -0.3 is 4.74 Å². The lowest BCUT2D eigenvalue weighted by Crippen LogP contribution is -2.58. The summed E-state index contributed by atoms with van der Waals surface area (Å²) < 4.78 is 33.5. The van der Waals surface area contributed by atoms with E-state index in [2.05, 4.69) is 0 Å². The van der Waals surface area contributed by atoms with Crippen LogP contribution in [-0.4, -0.2) is 28.9 Å². The van der Waals surface area contributed by atoms with E-state index in [9.17, 15) is 18.4 Å². The smallest absolute Gasteiger partial charge is 0.261 e. The molecule has 1 aliphatic rings. The fourth-order valence-electron chi connectivity index (χ4n) is 3.34. The second-order valence-corrected chi connectivity index (χ2v) is 7.05. The van der Waals surface area contributed by atoms with Crippen LogP contribution in [0.2, 0.25) is 0 Å². The van der Waals surface area contributed by atoms with E-state index >= 15 is 0 Å². The maximum absolute atomic E-state index is 14.2. The Bertz CT molecular complexity index is 956. The van der Waals surface area contributed by atoms with Crippen LogP contribution in [0, 0.1) is 11.6 Å². The summed E-state index contributed by atoms with van der Waals surface area (Å²) in [6, 6.07) is 12.1. The molecule has 0 N–H and O–H groups in total. The van der Waals surface area contributed by atoms with E-state index in [-0.39, 0.29) is 30.4 Å². The standard InChI is InChI=1S/C22H21F2NO3/c1-14-20(16-7-5-4-6-8-16)21(27)25(13-28-14)22(3,15(2)26)12-17-11-18(23)9-10-19(17)24/h4-11H,12-13H2,1-3H3. The summed E-state index contributed by atoms with van der Waals surface area (Å²) in [5.41, 5.74) is -0.360. The van der Waals surface area contributed by atoms with Gasteiger partial charge in [-0.25, -0.2) is 8.78 Å². The molecule has 2 aromatic rings. The van der Waals surface area contributed by atoms with Crippen LogP contribution < -0.4 is 0 Å². The highest BCUT2D eigenvalue weighted by Crippen LogP contribution is 2.33. The normalized spacial score (nSPS) is 16.6. The highest BCUT2D eigenvalue weighted by atomic mass is 19.1. The number of allylic oxidation sites excluding steroid dienone is 1. The number of nitrogens with zero attached hydrogens (tertiary/aromatic N) is 1. The van der Waals surface area contributed by atoms with Crippen molar-refractivity contribution in [2.75, 3.05) is 6.73 Å². The summed E-state index contributed by atoms with van der Waals surface area (Å²) in [4.78, 5) is 27.1. The van der Waals surface area contributed by atoms with E-state index in [1.807, 2.05) is 6.07 Å². The molecule has 146 valence electrons. The number of ether oxygens (including phenoxy) is 1. The Hall–Kier alpha value is -3.02. The summed E-state index contributed by atoms with van der Waals surface area (Å²) in [7, 11) is 0. The number of carbonyl (C=O) groups is 2. The van der Waals surface area contributed by atoms with Gasteiger partial charge >= 0.3 is 0 Å². The van der Waals surface area contributed by atoms with E-state index in [4.69, 9.17) is 4.74 Å². The Morgan fingerprint density at radius 3 is 2.50 bits per heavy atom. The van der Waals surface area contributed by atoms with Gasteiger partial charge in [0.15, 0.2) is 12.5 Å². The number of hydrogen-bond donors (Lipinski definition) is 0. The second kappa shape index (κ2) is 7.54. The first-order valence-corrected chi connectivity index (χ1v) is 8.90. The van der Waals surface area contributed by atoms with Crippen molar-refractivity contribution >= 4 is 17.3 Å². The summed E-state index contributed by atoms with van der Waals surface area (Å²) in [5, 5.41) is 0. The minimum atomic E-state index is -1.40. The number of halogens is 2. The molecule has 0 fully saturated rings. The van der Waals surface area contributed by atoms with Crippen LogP contribution in [0.5, 0.6) is 0 Å². The minimum Gasteiger partial charge on any atom is -0.477 e. The number of ketones is 1. The van der Waals surface area contributed by atoms with Crippen molar-refractivity contribution in [2.45, 2.75) is 32.7 Å². The topological polar surface area (TPSA) is 46.6 Å². The molecule has 1 heterocycles. The van der Waals surface area contributed by atoms with Gasteiger partial charge in [0.2, 0.25) is 0 Å². The highest BCUT2D eigenvalue weighted by Gasteiger charge is 2.44. The molecule has 1 aliphatic heterocycles. The molecule has 6 heteroatoms. The van der Waals surface area contributed by atoms with E-state index in [1.54, 1.807) is 38.1 Å². The van der Waals surface area contributed by atoms with Crippen LogP contribution >= 0.6 is 0 Å². The number of Topliss-reactive ketones (excluding diaryl/α,β-unsaturated/α-hetero) is 1. The molecule has 3 rings (SSSR count). The van der Waals surface area contributed by atoms with Crippen molar-refractivity contribution in [1.82, 2.24) is 4.90 Å². The van der Waals surface area contributed by atoms with Gasteiger partial charge in [-0.1, -0.05) is 30.3 Å². The predicted molar refractivity (Wildman–Crippen MR) is 101 cm³/mol. The minimum absolute atomic E-state index is 0.0260. The lowest BCUT2D eigenvalue weighted by Gasteiger charge is -2.42. The van der Waals surface area contributed by atoms with Crippen LogP contribution in [0.1, 0.15) is 31.9 Å². The zero-order chi connectivity index (χ0) is 20.5. The van der Waals surface area contributed by atoms with E-state index in [1.165, 1.54) is 11.8 Å². The van der Waals surface area contributed by atoms with E-state index in [0.29, 0.717) is 16.9 Å². The van der Waals surface area contributed by atoms with Gasteiger partial charge in [0.05, 0.1) is 5.57 Å². The van der Waals surface area contributed by atoms with Crippen molar-refractivity contribution in [2.24, 2.45) is 0 Å². The molecular formula is C22H21F2NO3. The zero-order valence-electron chi connectivity index (χ0n) is 16.0. The van der Waals surface area contributed by atoms with Crippen molar-refractivity contribution in [1.29, 1.82) is 0 Å². The third kappa shape index (κ3) is 3.54. The lowest BCUT2D eigenvalue weighted by molar-refractivity contribution is -0.148. The van der Waals surface area contributed by atoms with Gasteiger partial charge in [-0.15, -0.1) is 0 Å². The zero-order valence-corrected chi connectivity index (χ0v) is 16.0. The number of hydrogen-bond acceptors (Lipinski definition) is 3. The highest BCUT2D eigenvalue weighted by molar-refractivity contribution is 6.21. The lowest BCUT2D eigenvalue weighted by atomic mass is 9.86. The van der Waals surface area contributed by atoms with Crippen molar-refractivity contribution in [3.63, 3.8) is 0 Å². The molecule has 0 saturated heterocycles. The number of amides is 1. The number of benzene rings is 2. The maximum Gasteiger partial charge on any atom is 0.261 e. The van der Waals surface area contributed by atoms with Gasteiger partial charge in [0, 0.05) is 6.42 Å². The quantitative estimate of drug-likeness (QED) is 0.778. The maximum atomic E-state index is 14.2. The third-order valence-corrected chi connectivity index (χ3v) is 5.18. The summed E-state index contributed by atoms with van der Waals surface area (Å²) in [5.74, 6) is -1.52. The molecule has 0 aromatic heterocycles. The van der Waals surface area contributed by atoms with Crippen LogP contribution in [-0.2, 0) is 20.7 Å². The number of rotatable bonds is 5. The molecule has 2 aromatic carbocycles. The molecule has 0 spiro atoms. The summed E-state index contributed by atoms with van der Waals surface area (Å²) in [6.45, 7) is 4.42. The van der Waals surface area contributed by atoms with E-state index in [0.717, 1.165) is 18.2 Å². The van der Waals surface area contributed by atoms with Crippen LogP contribution in [0.3, 0.4) is 0 Å². The summed E-state index contributed by atoms with van der Waals surface area (Å²) in [6.07, 6.45) is -0.165. The molecule has 0 radical (unpaired) electrons. The summed E-state index contributed by atoms with van der Waals surface area (Å²) >= 11 is 0. The molecule has 1 unspecified atom stereocenters. The van der Waals surface area contributed by atoms with Gasteiger partial charge in [-0.2, -0.15) is 0 Å². The van der Waals surface area contributed by atoms with Gasteiger partial charge in [0.25, 0.3) is 5.91 Å². The number of carbonyl (C=O) groups excluding carboxylic acids is 2. The first-order chi connectivity index (χ1) is 13.2. The van der Waals surface area contributed by atoms with Crippen LogP contribution in [0.25, 0.3) is 5.57 Å². The first-order valence-electron chi connectivity index (χ1n) is 8.90. The van der Waals surface area contributed by atoms with Crippen LogP contribution in [0.4, 0.5) is 8.78 Å². The molecule has 28 heavy (non-hydrogen) atoms. The fourth-order valence-corrected chi connectivity index (χ4v) is 3.34. The Morgan fingerprint density at radius 2 is 1.86 bits per heavy atom. The average Bonchev–Trinajstić information content (AvgIpc) is 2.65. The Morgan fingerprint density at radius 1 is 1.18 bits per heavy atom. The van der Waals surface area contributed by atoms with Gasteiger partial charge in [-0.3, -0.25) is 14.5 Å². The van der Waals surface area contributed by atoms with E-state index < -0.39 is 17.2 Å². The molecule has 4 nitrogen and oxygen atoms in total. The van der Waals surface area contributed by atoms with Crippen molar-refractivity contribution < 1.29 is 23.1 Å². The molecule has 0 aliphatic carbocycles. The first kappa shape index (κ1) is 19.7. The average molecular weight is 385 g/mol. The molecule has 1 amide bonds. The monoisotopic (exact) mass is 385 g/mol. The SMILES string of the molecule is CC(=O)C(C)(Cc1cc(F)ccc1F)N1COC(C)=C(c2ccccc2)C1=O. The molecular weight excluding hydrogens is 364 g/mol. The predicted octanol–water partition coefficient (Wildman–Crippen LogP) is 4.10. The van der Waals surface area contributed by atoms with Crippen molar-refractivity contribution in [3.8, 4) is 0 Å². The molecule has 0 saturated carbocycles.